The average Bonchev–Trinajstić information content (AvgIpc) is 2.92. The predicted octanol–water partition coefficient (Wildman–Crippen LogP) is 2.60. The average molecular weight is 247 g/mol. The zero-order valence-corrected chi connectivity index (χ0v) is 8.69. The molecular formula is C14H20N2O. The van der Waals surface area contributed by atoms with Crippen LogP contribution in [0.1, 0.15) is 27.4 Å². The number of methoxy groups -OCH3 is 1. The van der Waals surface area contributed by atoms with E-state index in [2.05, 4.69) is 0 Å². The van der Waals surface area contributed by atoms with Gasteiger partial charge in [0.25, 0.3) is 0 Å². The van der Waals surface area contributed by atoms with Crippen LogP contribution in [0.5, 0.6) is 5.75 Å². The van der Waals surface area contributed by atoms with Crippen molar-refractivity contribution in [3.63, 3.8) is 0 Å². The summed E-state index contributed by atoms with van der Waals surface area (Å²) in [6.45, 7) is -14.5. The Morgan fingerprint density at radius 3 is 3.24 bits per heavy atom. The minimum absolute atomic E-state index is 0.0511. The van der Waals surface area contributed by atoms with Gasteiger partial charge in [-0.15, -0.1) is 0 Å². The molecule has 1 heterocycles. The van der Waals surface area contributed by atoms with Crippen LogP contribution in [-0.2, 0) is 6.50 Å². The van der Waals surface area contributed by atoms with E-state index in [0.717, 1.165) is 12.3 Å². The molecule has 0 fully saturated rings. The maximum Gasteiger partial charge on any atom is 0.119 e. The summed E-state index contributed by atoms with van der Waals surface area (Å²) in [7, 11) is -2.76. The van der Waals surface area contributed by atoms with Gasteiger partial charge in [-0.25, -0.2) is 0 Å². The SMILES string of the molecule is [2H]C([2H])([2H])Oc1ccc2c(ccn2C([2H])([2H])C([2H])(N(C([2H])([2H])[2H])C([2H])([2H])[2H])C([2H])([2H])[2H])c1. The molecule has 3 heteroatoms. The highest BCUT2D eigenvalue weighted by Gasteiger charge is 2.08. The molecule has 2 rings (SSSR count). The summed E-state index contributed by atoms with van der Waals surface area (Å²) < 4.78 is 121. The molecule has 0 aliphatic carbocycles. The van der Waals surface area contributed by atoms with Gasteiger partial charge in [0.2, 0.25) is 0 Å². The van der Waals surface area contributed by atoms with Crippen molar-refractivity contribution in [2.45, 2.75) is 19.4 Å². The van der Waals surface area contributed by atoms with Gasteiger partial charge in [-0.3, -0.25) is 0 Å². The first-order chi connectivity index (χ1) is 14.0. The summed E-state index contributed by atoms with van der Waals surface area (Å²) in [5, 5.41) is 0.179. The first kappa shape index (κ1) is 3.29. The van der Waals surface area contributed by atoms with Gasteiger partial charge in [0.1, 0.15) is 5.75 Å². The lowest BCUT2D eigenvalue weighted by atomic mass is 10.2. The third kappa shape index (κ3) is 2.44. The molecular weight excluding hydrogens is 212 g/mol. The van der Waals surface area contributed by atoms with Gasteiger partial charge in [-0.1, -0.05) is 0 Å². The smallest absolute Gasteiger partial charge is 0.119 e. The summed E-state index contributed by atoms with van der Waals surface area (Å²) >= 11 is 0. The molecule has 3 nitrogen and oxygen atoms in total. The van der Waals surface area contributed by atoms with E-state index in [9.17, 15) is 0 Å². The Balaban J connectivity index is 2.77. The van der Waals surface area contributed by atoms with E-state index in [0.29, 0.717) is 4.57 Å². The molecule has 0 bridgehead atoms. The number of fused-ring (bicyclic) bond motifs is 1. The van der Waals surface area contributed by atoms with Crippen LogP contribution < -0.4 is 4.74 Å². The number of hydrogen-bond donors (Lipinski definition) is 0. The summed E-state index contributed by atoms with van der Waals surface area (Å²) in [4.78, 5) is -0.599. The highest BCUT2D eigenvalue weighted by molar-refractivity contribution is 5.81. The first-order valence-corrected chi connectivity index (χ1v) is 4.64. The fraction of sp³-hybridized carbons (Fsp3) is 0.429. The normalized spacial score (nSPS) is 31.9. The monoisotopic (exact) mass is 247 g/mol. The lowest BCUT2D eigenvalue weighted by molar-refractivity contribution is 0.286. The van der Waals surface area contributed by atoms with Gasteiger partial charge >= 0.3 is 0 Å². The van der Waals surface area contributed by atoms with Gasteiger partial charge < -0.3 is 14.2 Å². The summed E-state index contributed by atoms with van der Waals surface area (Å²) in [6, 6.07) is 1.03. The summed E-state index contributed by atoms with van der Waals surface area (Å²) in [5.41, 5.74) is -0.0511. The fourth-order valence-corrected chi connectivity index (χ4v) is 1.45. The Labute approximate surface area is 124 Å². The minimum atomic E-state index is -3.80. The predicted molar refractivity (Wildman–Crippen MR) is 71.6 cm³/mol. The Bertz CT molecular complexity index is 954. The largest absolute Gasteiger partial charge is 0.497 e. The number of rotatable bonds is 4. The van der Waals surface area contributed by atoms with Crippen LogP contribution in [0.2, 0.25) is 0 Å². The molecule has 0 aliphatic heterocycles. The highest BCUT2D eigenvalue weighted by Crippen LogP contribution is 2.22. The van der Waals surface area contributed by atoms with Crippen molar-refractivity contribution in [2.24, 2.45) is 0 Å². The van der Waals surface area contributed by atoms with Crippen LogP contribution in [0.25, 0.3) is 10.9 Å². The molecule has 0 aliphatic rings. The minimum Gasteiger partial charge on any atom is -0.497 e. The lowest BCUT2D eigenvalue weighted by Gasteiger charge is -2.20. The van der Waals surface area contributed by atoms with Gasteiger partial charge in [-0.05, 0) is 45.1 Å². The highest BCUT2D eigenvalue weighted by atomic mass is 16.5. The number of nitrogens with zero attached hydrogens (tertiary/aromatic N) is 2. The zero-order chi connectivity index (χ0) is 25.1. The van der Waals surface area contributed by atoms with Crippen molar-refractivity contribution in [2.75, 3.05) is 21.0 Å². The van der Waals surface area contributed by atoms with E-state index in [-0.39, 0.29) is 16.7 Å². The van der Waals surface area contributed by atoms with E-state index in [1.807, 2.05) is 0 Å². The second-order valence-corrected chi connectivity index (χ2v) is 3.30. The molecule has 0 N–H and O–H groups in total. The van der Waals surface area contributed by atoms with Crippen LogP contribution in [0.4, 0.5) is 0 Å². The van der Waals surface area contributed by atoms with Crippen LogP contribution >= 0.6 is 0 Å². The molecule has 0 radical (unpaired) electrons. The Morgan fingerprint density at radius 1 is 1.53 bits per heavy atom. The molecule has 17 heavy (non-hydrogen) atoms. The van der Waals surface area contributed by atoms with Crippen molar-refractivity contribution in [3.8, 4) is 5.75 Å². The molecule has 1 aromatic carbocycles. The van der Waals surface area contributed by atoms with Crippen molar-refractivity contribution in [3.05, 3.63) is 30.5 Å². The number of likely N-dealkylation sites (N-methyl/N-ethyl adjacent to an activating group) is 1. The van der Waals surface area contributed by atoms with Gasteiger partial charge in [-0.2, -0.15) is 0 Å². The number of hydrogen-bond acceptors (Lipinski definition) is 2. The molecule has 0 saturated carbocycles. The second kappa shape index (κ2) is 4.80. The van der Waals surface area contributed by atoms with Crippen LogP contribution in [0.15, 0.2) is 30.5 Å². The van der Waals surface area contributed by atoms with E-state index in [1.54, 1.807) is 0 Å². The molecule has 1 unspecified atom stereocenters. The molecule has 0 amide bonds. The number of aromatic nitrogens is 1. The van der Waals surface area contributed by atoms with Crippen LogP contribution in [-0.4, -0.2) is 36.5 Å². The molecule has 1 atom stereocenters. The Hall–Kier alpha value is -1.48. The van der Waals surface area contributed by atoms with E-state index in [4.69, 9.17) is 25.3 Å². The van der Waals surface area contributed by atoms with Crippen molar-refractivity contribution >= 4 is 10.9 Å². The van der Waals surface area contributed by atoms with E-state index >= 15 is 0 Å². The number of ether oxygens (including phenoxy) is 1. The maximum absolute atomic E-state index is 8.50. The third-order valence-corrected chi connectivity index (χ3v) is 2.23. The Kier molecular flexibility index (Phi) is 0.929. The third-order valence-electron chi connectivity index (χ3n) is 2.23. The summed E-state index contributed by atoms with van der Waals surface area (Å²) in [5.74, 6) is -0.102. The molecule has 0 saturated heterocycles. The Morgan fingerprint density at radius 2 is 2.47 bits per heavy atom. The fourth-order valence-electron chi connectivity index (χ4n) is 1.45. The molecule has 1 aromatic heterocycles. The molecule has 92 valence electrons. The van der Waals surface area contributed by atoms with Crippen molar-refractivity contribution in [1.29, 1.82) is 0 Å². The lowest BCUT2D eigenvalue weighted by Crippen LogP contribution is -2.28. The van der Waals surface area contributed by atoms with Crippen molar-refractivity contribution in [1.82, 2.24) is 9.47 Å². The molecule has 0 spiro atoms. The van der Waals surface area contributed by atoms with Crippen LogP contribution in [0, 0.1) is 0 Å². The van der Waals surface area contributed by atoms with Crippen molar-refractivity contribution < 1.29 is 25.3 Å². The zero-order valence-electron chi connectivity index (χ0n) is 23.7. The maximum atomic E-state index is 8.50. The summed E-state index contributed by atoms with van der Waals surface area (Å²) in [6.07, 6.45) is 1.01. The standard InChI is InChI=1S/C14H20N2O/c1-11(15(2)3)10-16-8-7-12-9-13(17-4)5-6-14(12)16/h5-9,11H,10H2,1-4H3/i1D3,2D3,3D3,4D3,10D2,11D. The van der Waals surface area contributed by atoms with Crippen LogP contribution in [0.3, 0.4) is 0 Å². The van der Waals surface area contributed by atoms with E-state index in [1.165, 1.54) is 18.2 Å². The first-order valence-electron chi connectivity index (χ1n) is 12.1. The van der Waals surface area contributed by atoms with Gasteiger partial charge in [0.15, 0.2) is 0 Å². The molecule has 2 aromatic rings. The van der Waals surface area contributed by atoms with Gasteiger partial charge in [0, 0.05) is 43.3 Å². The van der Waals surface area contributed by atoms with Gasteiger partial charge in [0.05, 0.1) is 13.9 Å². The number of benzene rings is 1. The van der Waals surface area contributed by atoms with E-state index < -0.39 is 45.3 Å². The quantitative estimate of drug-likeness (QED) is 0.826. The second-order valence-electron chi connectivity index (χ2n) is 3.30. The topological polar surface area (TPSA) is 17.4 Å².